The van der Waals surface area contributed by atoms with Gasteiger partial charge in [0.15, 0.2) is 5.75 Å². The van der Waals surface area contributed by atoms with Crippen LogP contribution in [0.15, 0.2) is 47.6 Å². The van der Waals surface area contributed by atoms with Crippen LogP contribution in [0.4, 0.5) is 11.4 Å². The van der Waals surface area contributed by atoms with Crippen molar-refractivity contribution in [3.05, 3.63) is 58.1 Å². The van der Waals surface area contributed by atoms with Crippen LogP contribution in [0.25, 0.3) is 0 Å². The van der Waals surface area contributed by atoms with Gasteiger partial charge in [0, 0.05) is 11.6 Å². The molecule has 2 N–H and O–H groups in total. The molecule has 0 fully saturated rings. The van der Waals surface area contributed by atoms with Crippen LogP contribution in [-0.4, -0.2) is 23.4 Å². The van der Waals surface area contributed by atoms with Crippen molar-refractivity contribution in [2.45, 2.75) is 0 Å². The Morgan fingerprint density at radius 2 is 2.05 bits per heavy atom. The lowest BCUT2D eigenvalue weighted by Crippen LogP contribution is -1.96. The van der Waals surface area contributed by atoms with Gasteiger partial charge in [-0.05, 0) is 18.2 Å². The van der Waals surface area contributed by atoms with Crippen molar-refractivity contribution < 1.29 is 14.8 Å². The molecule has 0 unspecified atom stereocenters. The number of hydrogen-bond acceptors (Lipinski definition) is 6. The number of nitro groups is 1. The molecule has 2 aromatic rings. The van der Waals surface area contributed by atoms with E-state index in [4.69, 9.17) is 4.74 Å². The number of phenolic OH excluding ortho intramolecular Hbond substituents is 1. The number of aromatic hydroxyl groups is 1. The second-order valence-electron chi connectivity index (χ2n) is 4.08. The van der Waals surface area contributed by atoms with Crippen LogP contribution in [0.3, 0.4) is 0 Å². The summed E-state index contributed by atoms with van der Waals surface area (Å²) < 4.78 is 4.90. The fourth-order valence-corrected chi connectivity index (χ4v) is 1.68. The predicted molar refractivity (Wildman–Crippen MR) is 79.0 cm³/mol. The van der Waals surface area contributed by atoms with E-state index in [2.05, 4.69) is 10.5 Å². The van der Waals surface area contributed by atoms with E-state index in [1.54, 1.807) is 0 Å². The topological polar surface area (TPSA) is 97.0 Å². The third-order valence-electron chi connectivity index (χ3n) is 2.67. The van der Waals surface area contributed by atoms with Gasteiger partial charge in [-0.2, -0.15) is 5.10 Å². The van der Waals surface area contributed by atoms with Crippen LogP contribution in [0, 0.1) is 10.1 Å². The number of benzene rings is 2. The number of methoxy groups -OCH3 is 1. The van der Waals surface area contributed by atoms with Gasteiger partial charge in [0.2, 0.25) is 5.75 Å². The van der Waals surface area contributed by atoms with E-state index in [0.717, 1.165) is 5.69 Å². The minimum Gasteiger partial charge on any atom is -0.500 e. The zero-order valence-corrected chi connectivity index (χ0v) is 11.2. The van der Waals surface area contributed by atoms with Crippen molar-refractivity contribution in [3.8, 4) is 11.5 Å². The van der Waals surface area contributed by atoms with E-state index in [1.807, 2.05) is 30.3 Å². The fraction of sp³-hybridized carbons (Fsp3) is 0.0714. The molecule has 2 rings (SSSR count). The van der Waals surface area contributed by atoms with Crippen LogP contribution < -0.4 is 10.2 Å². The first kappa shape index (κ1) is 14.3. The molecule has 0 heterocycles. The maximum absolute atomic E-state index is 10.9. The van der Waals surface area contributed by atoms with Gasteiger partial charge in [-0.1, -0.05) is 18.2 Å². The molecule has 2 aromatic carbocycles. The van der Waals surface area contributed by atoms with Gasteiger partial charge in [0.1, 0.15) is 0 Å². The van der Waals surface area contributed by atoms with Gasteiger partial charge < -0.3 is 9.84 Å². The zero-order valence-electron chi connectivity index (χ0n) is 11.2. The SMILES string of the molecule is COc1cc(/C=N\Nc2ccccc2)cc([N+](=O)[O-])c1O. The van der Waals surface area contributed by atoms with Crippen molar-refractivity contribution in [2.75, 3.05) is 12.5 Å². The van der Waals surface area contributed by atoms with E-state index >= 15 is 0 Å². The Morgan fingerprint density at radius 3 is 2.67 bits per heavy atom. The number of hydrogen-bond donors (Lipinski definition) is 2. The van der Waals surface area contributed by atoms with E-state index in [9.17, 15) is 15.2 Å². The van der Waals surface area contributed by atoms with Crippen LogP contribution in [0.2, 0.25) is 0 Å². The lowest BCUT2D eigenvalue weighted by atomic mass is 10.2. The number of anilines is 1. The number of hydrazone groups is 1. The molecule has 0 aliphatic rings. The molecule has 0 bridgehead atoms. The molecule has 0 aromatic heterocycles. The average molecular weight is 287 g/mol. The summed E-state index contributed by atoms with van der Waals surface area (Å²) in [6.45, 7) is 0. The predicted octanol–water partition coefficient (Wildman–Crippen LogP) is 2.76. The Labute approximate surface area is 120 Å². The molecule has 0 saturated carbocycles. The summed E-state index contributed by atoms with van der Waals surface area (Å²) in [6.07, 6.45) is 1.40. The molecule has 0 saturated heterocycles. The molecule has 0 radical (unpaired) electrons. The minimum absolute atomic E-state index is 0.0189. The first-order chi connectivity index (χ1) is 10.1. The summed E-state index contributed by atoms with van der Waals surface area (Å²) in [5, 5.41) is 24.5. The molecule has 0 spiro atoms. The minimum atomic E-state index is -0.681. The molecular weight excluding hydrogens is 274 g/mol. The Bertz CT molecular complexity index is 671. The number of para-hydroxylation sites is 1. The second kappa shape index (κ2) is 6.38. The van der Waals surface area contributed by atoms with E-state index in [0.29, 0.717) is 5.56 Å². The largest absolute Gasteiger partial charge is 0.500 e. The number of nitrogens with zero attached hydrogens (tertiary/aromatic N) is 2. The van der Waals surface area contributed by atoms with Crippen LogP contribution >= 0.6 is 0 Å². The fourth-order valence-electron chi connectivity index (χ4n) is 1.68. The van der Waals surface area contributed by atoms with Gasteiger partial charge in [-0.3, -0.25) is 15.5 Å². The Kier molecular flexibility index (Phi) is 4.35. The third kappa shape index (κ3) is 3.47. The molecule has 21 heavy (non-hydrogen) atoms. The summed E-state index contributed by atoms with van der Waals surface area (Å²) in [7, 11) is 1.32. The van der Waals surface area contributed by atoms with Crippen molar-refractivity contribution >= 4 is 17.6 Å². The molecule has 7 heteroatoms. The molecular formula is C14H13N3O4. The Balaban J connectivity index is 2.23. The van der Waals surface area contributed by atoms with Crippen molar-refractivity contribution in [3.63, 3.8) is 0 Å². The quantitative estimate of drug-likeness (QED) is 0.500. The lowest BCUT2D eigenvalue weighted by molar-refractivity contribution is -0.386. The average Bonchev–Trinajstić information content (AvgIpc) is 2.49. The van der Waals surface area contributed by atoms with E-state index < -0.39 is 16.4 Å². The van der Waals surface area contributed by atoms with Gasteiger partial charge in [-0.25, -0.2) is 0 Å². The first-order valence-corrected chi connectivity index (χ1v) is 6.01. The maximum Gasteiger partial charge on any atom is 0.315 e. The summed E-state index contributed by atoms with van der Waals surface area (Å²) in [6, 6.07) is 11.9. The molecule has 0 atom stereocenters. The molecule has 108 valence electrons. The highest BCUT2D eigenvalue weighted by Crippen LogP contribution is 2.36. The number of ether oxygens (including phenoxy) is 1. The summed E-state index contributed by atoms with van der Waals surface area (Å²) in [4.78, 5) is 10.2. The van der Waals surface area contributed by atoms with Crippen molar-refractivity contribution in [1.29, 1.82) is 0 Å². The van der Waals surface area contributed by atoms with E-state index in [1.165, 1.54) is 25.5 Å². The molecule has 7 nitrogen and oxygen atoms in total. The van der Waals surface area contributed by atoms with Gasteiger partial charge in [-0.15, -0.1) is 0 Å². The van der Waals surface area contributed by atoms with Gasteiger partial charge >= 0.3 is 5.69 Å². The lowest BCUT2D eigenvalue weighted by Gasteiger charge is -2.05. The zero-order chi connectivity index (χ0) is 15.2. The van der Waals surface area contributed by atoms with Gasteiger partial charge in [0.25, 0.3) is 0 Å². The summed E-state index contributed by atoms with van der Waals surface area (Å²) >= 11 is 0. The van der Waals surface area contributed by atoms with Crippen LogP contribution in [0.5, 0.6) is 11.5 Å². The number of phenols is 1. The smallest absolute Gasteiger partial charge is 0.315 e. The number of nitrogens with one attached hydrogen (secondary N) is 1. The standard InChI is InChI=1S/C14H13N3O4/c1-21-13-8-10(7-12(14(13)18)17(19)20)9-15-16-11-5-3-2-4-6-11/h2-9,16,18H,1H3/b15-9-. The third-order valence-corrected chi connectivity index (χ3v) is 2.67. The highest BCUT2D eigenvalue weighted by Gasteiger charge is 2.19. The Hall–Kier alpha value is -3.09. The molecule has 0 aliphatic carbocycles. The van der Waals surface area contributed by atoms with Crippen molar-refractivity contribution in [1.82, 2.24) is 0 Å². The molecule has 0 amide bonds. The Morgan fingerprint density at radius 1 is 1.33 bits per heavy atom. The normalized spacial score (nSPS) is 10.5. The summed E-state index contributed by atoms with van der Waals surface area (Å²) in [5.41, 5.74) is 3.57. The maximum atomic E-state index is 10.9. The number of nitro benzene ring substituents is 1. The highest BCUT2D eigenvalue weighted by molar-refractivity contribution is 5.83. The van der Waals surface area contributed by atoms with Crippen LogP contribution in [0.1, 0.15) is 5.56 Å². The monoisotopic (exact) mass is 287 g/mol. The first-order valence-electron chi connectivity index (χ1n) is 6.01. The summed E-state index contributed by atoms with van der Waals surface area (Å²) in [5.74, 6) is -0.485. The number of rotatable bonds is 5. The highest BCUT2D eigenvalue weighted by atomic mass is 16.6. The van der Waals surface area contributed by atoms with Gasteiger partial charge in [0.05, 0.1) is 23.9 Å². The second-order valence-corrected chi connectivity index (χ2v) is 4.08. The van der Waals surface area contributed by atoms with E-state index in [-0.39, 0.29) is 5.75 Å². The van der Waals surface area contributed by atoms with Crippen LogP contribution in [-0.2, 0) is 0 Å². The molecule has 0 aliphatic heterocycles. The van der Waals surface area contributed by atoms with Crippen molar-refractivity contribution in [2.24, 2.45) is 5.10 Å².